The zero-order valence-electron chi connectivity index (χ0n) is 7.77. The molecule has 0 amide bonds. The minimum absolute atomic E-state index is 0.223. The molecule has 72 valence electrons. The van der Waals surface area contributed by atoms with Crippen LogP contribution < -0.4 is 5.73 Å². The van der Waals surface area contributed by atoms with Crippen LogP contribution in [0.2, 0.25) is 0 Å². The average molecular weight is 206 g/mol. The first-order valence-corrected chi connectivity index (χ1v) is 4.87. The summed E-state index contributed by atoms with van der Waals surface area (Å²) in [6, 6.07) is 1.91. The number of anilines is 1. The van der Waals surface area contributed by atoms with Gasteiger partial charge in [-0.25, -0.2) is 9.97 Å². The molecule has 0 fully saturated rings. The lowest BCUT2D eigenvalue weighted by atomic mass is 10.3. The number of nitrogen functional groups attached to an aromatic ring is 1. The van der Waals surface area contributed by atoms with Crippen molar-refractivity contribution in [2.24, 2.45) is 0 Å². The van der Waals surface area contributed by atoms with Crippen molar-refractivity contribution in [3.63, 3.8) is 0 Å². The summed E-state index contributed by atoms with van der Waals surface area (Å²) in [6.45, 7) is 5.63. The summed E-state index contributed by atoms with van der Waals surface area (Å²) in [7, 11) is 0. The number of hydrogen-bond acceptors (Lipinski definition) is 5. The molecular formula is C9H10N4S. The number of hydrogen-bond donors (Lipinski definition) is 1. The molecule has 2 N–H and O–H groups in total. The molecule has 1 rings (SSSR count). The molecule has 1 aromatic heterocycles. The van der Waals surface area contributed by atoms with Gasteiger partial charge in [0.05, 0.1) is 6.20 Å². The van der Waals surface area contributed by atoms with Gasteiger partial charge in [-0.2, -0.15) is 5.26 Å². The lowest BCUT2D eigenvalue weighted by Gasteiger charge is -2.04. The van der Waals surface area contributed by atoms with E-state index in [4.69, 9.17) is 11.0 Å². The third-order valence-corrected chi connectivity index (χ3v) is 2.51. The van der Waals surface area contributed by atoms with Crippen molar-refractivity contribution in [2.45, 2.75) is 17.3 Å². The number of aromatic nitrogens is 2. The van der Waals surface area contributed by atoms with Crippen LogP contribution in [0.25, 0.3) is 0 Å². The van der Waals surface area contributed by atoms with E-state index in [0.29, 0.717) is 10.7 Å². The average Bonchev–Trinajstić information content (AvgIpc) is 2.18. The molecule has 14 heavy (non-hydrogen) atoms. The van der Waals surface area contributed by atoms with Crippen molar-refractivity contribution in [2.75, 3.05) is 5.73 Å². The Morgan fingerprint density at radius 3 is 3.00 bits per heavy atom. The Hall–Kier alpha value is -1.54. The fraction of sp³-hybridized carbons (Fsp3) is 0.222. The van der Waals surface area contributed by atoms with Crippen LogP contribution in [0.5, 0.6) is 0 Å². The van der Waals surface area contributed by atoms with E-state index in [-0.39, 0.29) is 11.1 Å². The van der Waals surface area contributed by atoms with Gasteiger partial charge in [0.2, 0.25) is 0 Å². The fourth-order valence-electron chi connectivity index (χ4n) is 0.735. The summed E-state index contributed by atoms with van der Waals surface area (Å²) < 4.78 is 0. The molecule has 0 aliphatic carbocycles. The van der Waals surface area contributed by atoms with Gasteiger partial charge in [0, 0.05) is 5.25 Å². The number of rotatable bonds is 3. The van der Waals surface area contributed by atoms with E-state index in [9.17, 15) is 0 Å². The maximum absolute atomic E-state index is 8.60. The minimum atomic E-state index is 0.223. The Labute approximate surface area is 86.9 Å². The van der Waals surface area contributed by atoms with Gasteiger partial charge in [0.15, 0.2) is 5.16 Å². The molecule has 1 aromatic rings. The topological polar surface area (TPSA) is 75.6 Å². The maximum Gasteiger partial charge on any atom is 0.190 e. The summed E-state index contributed by atoms with van der Waals surface area (Å²) in [6.07, 6.45) is 3.23. The summed E-state index contributed by atoms with van der Waals surface area (Å²) >= 11 is 1.45. The number of thioether (sulfide) groups is 1. The predicted octanol–water partition coefficient (Wildman–Crippen LogP) is 1.60. The zero-order valence-corrected chi connectivity index (χ0v) is 8.58. The van der Waals surface area contributed by atoms with Gasteiger partial charge in [0.25, 0.3) is 0 Å². The fourth-order valence-corrected chi connectivity index (χ4v) is 1.43. The van der Waals surface area contributed by atoms with Crippen molar-refractivity contribution in [3.05, 3.63) is 24.4 Å². The lowest BCUT2D eigenvalue weighted by Crippen LogP contribution is -2.00. The van der Waals surface area contributed by atoms with E-state index in [1.807, 2.05) is 13.0 Å². The molecule has 1 atom stereocenters. The van der Waals surface area contributed by atoms with E-state index in [1.54, 1.807) is 6.08 Å². The van der Waals surface area contributed by atoms with E-state index < -0.39 is 0 Å². The Morgan fingerprint density at radius 2 is 2.50 bits per heavy atom. The number of nitrogens with two attached hydrogens (primary N) is 1. The molecule has 0 aliphatic heterocycles. The number of nitrogens with zero attached hydrogens (tertiary/aromatic N) is 3. The van der Waals surface area contributed by atoms with Crippen LogP contribution in [-0.2, 0) is 0 Å². The Bertz CT molecular complexity index is 383. The standard InChI is InChI=1S/C9H10N4S/c1-3-6(2)14-9-12-5-7(4-10)8(11)13-9/h3,5-6H,1H2,2H3,(H2,11,12,13). The van der Waals surface area contributed by atoms with E-state index in [2.05, 4.69) is 16.5 Å². The van der Waals surface area contributed by atoms with E-state index >= 15 is 0 Å². The smallest absolute Gasteiger partial charge is 0.190 e. The minimum Gasteiger partial charge on any atom is -0.382 e. The maximum atomic E-state index is 8.60. The number of nitriles is 1. The molecule has 1 heterocycles. The van der Waals surface area contributed by atoms with E-state index in [1.165, 1.54) is 18.0 Å². The Kier molecular flexibility index (Phi) is 3.48. The van der Waals surface area contributed by atoms with Crippen LogP contribution in [-0.4, -0.2) is 15.2 Å². The van der Waals surface area contributed by atoms with Gasteiger partial charge in [-0.1, -0.05) is 17.8 Å². The molecule has 0 saturated carbocycles. The molecule has 0 spiro atoms. The molecule has 4 nitrogen and oxygen atoms in total. The molecule has 0 radical (unpaired) electrons. The molecule has 0 saturated heterocycles. The van der Waals surface area contributed by atoms with Crippen molar-refractivity contribution >= 4 is 17.6 Å². The quantitative estimate of drug-likeness (QED) is 0.462. The second kappa shape index (κ2) is 4.63. The third kappa shape index (κ3) is 2.47. The molecular weight excluding hydrogens is 196 g/mol. The van der Waals surface area contributed by atoms with Gasteiger partial charge < -0.3 is 5.73 Å². The normalized spacial score (nSPS) is 11.7. The highest BCUT2D eigenvalue weighted by Gasteiger charge is 2.06. The summed E-state index contributed by atoms with van der Waals surface area (Å²) in [5.41, 5.74) is 5.84. The molecule has 5 heteroatoms. The second-order valence-electron chi connectivity index (χ2n) is 2.62. The first-order valence-electron chi connectivity index (χ1n) is 3.99. The summed E-state index contributed by atoms with van der Waals surface area (Å²) in [5.74, 6) is 0.223. The monoisotopic (exact) mass is 206 g/mol. The molecule has 0 aromatic carbocycles. The predicted molar refractivity (Wildman–Crippen MR) is 56.7 cm³/mol. The lowest BCUT2D eigenvalue weighted by molar-refractivity contribution is 0.964. The highest BCUT2D eigenvalue weighted by molar-refractivity contribution is 7.99. The first-order chi connectivity index (χ1) is 6.67. The van der Waals surface area contributed by atoms with Crippen LogP contribution in [0.1, 0.15) is 12.5 Å². The van der Waals surface area contributed by atoms with Crippen LogP contribution in [0.3, 0.4) is 0 Å². The van der Waals surface area contributed by atoms with Crippen molar-refractivity contribution in [1.82, 2.24) is 9.97 Å². The largest absolute Gasteiger partial charge is 0.382 e. The van der Waals surface area contributed by atoms with Crippen molar-refractivity contribution in [1.29, 1.82) is 5.26 Å². The first kappa shape index (κ1) is 10.5. The highest BCUT2D eigenvalue weighted by Crippen LogP contribution is 2.20. The van der Waals surface area contributed by atoms with Gasteiger partial charge in [-0.3, -0.25) is 0 Å². The summed E-state index contributed by atoms with van der Waals surface area (Å²) in [5, 5.41) is 9.39. The Morgan fingerprint density at radius 1 is 1.79 bits per heavy atom. The van der Waals surface area contributed by atoms with Gasteiger partial charge in [-0.05, 0) is 6.92 Å². The molecule has 0 aliphatic rings. The Balaban J connectivity index is 2.87. The SMILES string of the molecule is C=CC(C)Sc1ncc(C#N)c(N)n1. The molecule has 1 unspecified atom stereocenters. The van der Waals surface area contributed by atoms with Crippen LogP contribution >= 0.6 is 11.8 Å². The van der Waals surface area contributed by atoms with Gasteiger partial charge >= 0.3 is 0 Å². The van der Waals surface area contributed by atoms with Gasteiger partial charge in [-0.15, -0.1) is 6.58 Å². The van der Waals surface area contributed by atoms with Crippen LogP contribution in [0.4, 0.5) is 5.82 Å². The zero-order chi connectivity index (χ0) is 10.6. The van der Waals surface area contributed by atoms with Crippen molar-refractivity contribution in [3.8, 4) is 6.07 Å². The van der Waals surface area contributed by atoms with Gasteiger partial charge in [0.1, 0.15) is 17.5 Å². The van der Waals surface area contributed by atoms with Crippen LogP contribution in [0, 0.1) is 11.3 Å². The highest BCUT2D eigenvalue weighted by atomic mass is 32.2. The second-order valence-corrected chi connectivity index (χ2v) is 3.97. The van der Waals surface area contributed by atoms with Crippen LogP contribution in [0.15, 0.2) is 24.0 Å². The molecule has 0 bridgehead atoms. The summed E-state index contributed by atoms with van der Waals surface area (Å²) in [4.78, 5) is 7.99. The van der Waals surface area contributed by atoms with Crippen molar-refractivity contribution < 1.29 is 0 Å². The third-order valence-electron chi connectivity index (χ3n) is 1.54. The van der Waals surface area contributed by atoms with E-state index in [0.717, 1.165) is 0 Å².